The third kappa shape index (κ3) is 1.37. The molecular weight excluding hydrogens is 147 g/mol. The van der Waals surface area contributed by atoms with Gasteiger partial charge in [0.05, 0.1) is 0 Å². The summed E-state index contributed by atoms with van der Waals surface area (Å²) in [6.45, 7) is 1.60. The van der Waals surface area contributed by atoms with Gasteiger partial charge in [-0.3, -0.25) is 4.79 Å². The molecule has 2 nitrogen and oxygen atoms in total. The zero-order valence-corrected chi connectivity index (χ0v) is 5.97. The van der Waals surface area contributed by atoms with Crippen molar-refractivity contribution in [3.8, 4) is 5.75 Å². The van der Waals surface area contributed by atoms with Gasteiger partial charge in [0.2, 0.25) is 0 Å². The lowest BCUT2D eigenvalue weighted by atomic mass is 10.1. The van der Waals surface area contributed by atoms with Crippen molar-refractivity contribution in [3.63, 3.8) is 0 Å². The van der Waals surface area contributed by atoms with Crippen LogP contribution in [0, 0.1) is 12.7 Å². The van der Waals surface area contributed by atoms with Crippen molar-refractivity contribution in [2.45, 2.75) is 6.92 Å². The highest BCUT2D eigenvalue weighted by Crippen LogP contribution is 2.18. The lowest BCUT2D eigenvalue weighted by Gasteiger charge is -1.99. The van der Waals surface area contributed by atoms with Crippen LogP contribution in [0.25, 0.3) is 0 Å². The van der Waals surface area contributed by atoms with Crippen molar-refractivity contribution in [1.29, 1.82) is 0 Å². The Labute approximate surface area is 63.3 Å². The number of phenolic OH excluding ortho intramolecular Hbond substituents is 1. The molecule has 0 spiro atoms. The van der Waals surface area contributed by atoms with Crippen molar-refractivity contribution in [3.05, 3.63) is 29.1 Å². The van der Waals surface area contributed by atoms with E-state index < -0.39 is 11.6 Å². The molecule has 0 unspecified atom stereocenters. The summed E-state index contributed by atoms with van der Waals surface area (Å²) in [6, 6.07) is 2.23. The largest absolute Gasteiger partial charge is 0.505 e. The van der Waals surface area contributed by atoms with Gasteiger partial charge in [-0.2, -0.15) is 0 Å². The molecule has 0 aromatic heterocycles. The highest BCUT2D eigenvalue weighted by atomic mass is 19.1. The number of halogens is 1. The van der Waals surface area contributed by atoms with Gasteiger partial charge in [-0.1, -0.05) is 0 Å². The molecule has 1 N–H and O–H groups in total. The van der Waals surface area contributed by atoms with Crippen molar-refractivity contribution >= 4 is 6.29 Å². The molecule has 1 aromatic rings. The van der Waals surface area contributed by atoms with Crippen molar-refractivity contribution in [2.24, 2.45) is 0 Å². The van der Waals surface area contributed by atoms with Gasteiger partial charge in [-0.15, -0.1) is 0 Å². The fourth-order valence-corrected chi connectivity index (χ4v) is 0.804. The van der Waals surface area contributed by atoms with Crippen molar-refractivity contribution < 1.29 is 14.3 Å². The van der Waals surface area contributed by atoms with Crippen LogP contribution in [0.2, 0.25) is 0 Å². The molecule has 11 heavy (non-hydrogen) atoms. The second-order valence-corrected chi connectivity index (χ2v) is 2.28. The summed E-state index contributed by atoms with van der Waals surface area (Å²) in [4.78, 5) is 10.3. The summed E-state index contributed by atoms with van der Waals surface area (Å²) < 4.78 is 12.5. The van der Waals surface area contributed by atoms with Crippen LogP contribution in [0.4, 0.5) is 4.39 Å². The minimum Gasteiger partial charge on any atom is -0.505 e. The van der Waals surface area contributed by atoms with Crippen LogP contribution in [-0.2, 0) is 0 Å². The fraction of sp³-hybridized carbons (Fsp3) is 0.125. The Hall–Kier alpha value is -1.38. The van der Waals surface area contributed by atoms with E-state index >= 15 is 0 Å². The van der Waals surface area contributed by atoms with Crippen molar-refractivity contribution in [2.75, 3.05) is 0 Å². The number of hydrogen-bond acceptors (Lipinski definition) is 2. The first-order chi connectivity index (χ1) is 5.15. The molecule has 0 bridgehead atoms. The lowest BCUT2D eigenvalue weighted by Crippen LogP contribution is -1.87. The molecule has 0 aliphatic heterocycles. The Morgan fingerprint density at radius 2 is 2.18 bits per heavy atom. The van der Waals surface area contributed by atoms with Gasteiger partial charge >= 0.3 is 0 Å². The molecule has 3 heteroatoms. The quantitative estimate of drug-likeness (QED) is 0.624. The molecule has 0 amide bonds. The molecule has 1 aromatic carbocycles. The summed E-state index contributed by atoms with van der Waals surface area (Å²) in [5.74, 6) is -1.19. The number of hydrogen-bond donors (Lipinski definition) is 1. The molecule has 0 saturated carbocycles. The van der Waals surface area contributed by atoms with Gasteiger partial charge in [-0.25, -0.2) is 4.39 Å². The van der Waals surface area contributed by atoms with Gasteiger partial charge in [0.1, 0.15) is 6.29 Å². The number of aromatic hydroxyl groups is 1. The Morgan fingerprint density at radius 3 is 2.73 bits per heavy atom. The highest BCUT2D eigenvalue weighted by Gasteiger charge is 2.04. The van der Waals surface area contributed by atoms with Crippen LogP contribution in [0.3, 0.4) is 0 Å². The zero-order valence-electron chi connectivity index (χ0n) is 5.97. The number of phenols is 1. The molecule has 0 fully saturated rings. The minimum absolute atomic E-state index is 0.309. The van der Waals surface area contributed by atoms with Gasteiger partial charge in [0.25, 0.3) is 0 Å². The zero-order chi connectivity index (χ0) is 8.43. The van der Waals surface area contributed by atoms with Gasteiger partial charge < -0.3 is 5.11 Å². The van der Waals surface area contributed by atoms with Gasteiger partial charge in [0, 0.05) is 5.56 Å². The van der Waals surface area contributed by atoms with E-state index in [-0.39, 0.29) is 0 Å². The molecule has 1 rings (SSSR count). The summed E-state index contributed by atoms with van der Waals surface area (Å²) in [7, 11) is 0. The van der Waals surface area contributed by atoms with E-state index in [4.69, 9.17) is 5.11 Å². The van der Waals surface area contributed by atoms with E-state index in [0.717, 1.165) is 12.1 Å². The minimum atomic E-state index is -0.701. The Bertz CT molecular complexity index is 294. The lowest BCUT2D eigenvalue weighted by molar-refractivity contribution is 0.112. The highest BCUT2D eigenvalue weighted by molar-refractivity contribution is 5.77. The first kappa shape index (κ1) is 7.72. The Balaban J connectivity index is 3.31. The fourth-order valence-electron chi connectivity index (χ4n) is 0.804. The van der Waals surface area contributed by atoms with Crippen LogP contribution >= 0.6 is 0 Å². The maximum absolute atomic E-state index is 12.5. The third-order valence-corrected chi connectivity index (χ3v) is 1.46. The summed E-state index contributed by atoms with van der Waals surface area (Å²) in [5.41, 5.74) is 0.833. The average Bonchev–Trinajstić information content (AvgIpc) is 1.97. The molecular formula is C8H7FO2. The monoisotopic (exact) mass is 154 g/mol. The standard InChI is InChI=1S/C8H7FO2/c1-5-2-7(9)8(11)3-6(5)4-10/h2-4,11H,1H3. The third-order valence-electron chi connectivity index (χ3n) is 1.46. The number of aryl methyl sites for hydroxylation is 1. The first-order valence-electron chi connectivity index (χ1n) is 3.09. The summed E-state index contributed by atoms with van der Waals surface area (Å²) in [5, 5.41) is 8.82. The molecule has 0 atom stereocenters. The maximum atomic E-state index is 12.5. The molecule has 0 aliphatic rings. The van der Waals surface area contributed by atoms with Crippen LogP contribution in [0.5, 0.6) is 5.75 Å². The number of benzene rings is 1. The number of rotatable bonds is 1. The molecule has 58 valence electrons. The predicted octanol–water partition coefficient (Wildman–Crippen LogP) is 1.65. The summed E-state index contributed by atoms with van der Waals surface area (Å²) in [6.07, 6.45) is 0.578. The number of aldehydes is 1. The molecule has 0 saturated heterocycles. The van der Waals surface area contributed by atoms with E-state index in [2.05, 4.69) is 0 Å². The maximum Gasteiger partial charge on any atom is 0.165 e. The topological polar surface area (TPSA) is 37.3 Å². The van der Waals surface area contributed by atoms with Crippen LogP contribution in [0.1, 0.15) is 15.9 Å². The van der Waals surface area contributed by atoms with E-state index in [9.17, 15) is 9.18 Å². The molecule has 0 aliphatic carbocycles. The normalized spacial score (nSPS) is 9.64. The van der Waals surface area contributed by atoms with Crippen molar-refractivity contribution in [1.82, 2.24) is 0 Å². The second kappa shape index (κ2) is 2.70. The van der Waals surface area contributed by atoms with Gasteiger partial charge in [0.15, 0.2) is 11.6 Å². The second-order valence-electron chi connectivity index (χ2n) is 2.28. The average molecular weight is 154 g/mol. The molecule has 0 radical (unpaired) electrons. The van der Waals surface area contributed by atoms with E-state index in [1.54, 1.807) is 6.92 Å². The van der Waals surface area contributed by atoms with Gasteiger partial charge in [-0.05, 0) is 24.6 Å². The van der Waals surface area contributed by atoms with Crippen LogP contribution in [0.15, 0.2) is 12.1 Å². The Kier molecular flexibility index (Phi) is 1.89. The number of carbonyl (C=O) groups is 1. The van der Waals surface area contributed by atoms with E-state index in [0.29, 0.717) is 17.4 Å². The molecule has 0 heterocycles. The summed E-state index contributed by atoms with van der Waals surface area (Å²) >= 11 is 0. The SMILES string of the molecule is Cc1cc(F)c(O)cc1C=O. The number of carbonyl (C=O) groups excluding carboxylic acids is 1. The predicted molar refractivity (Wildman–Crippen MR) is 38.2 cm³/mol. The van der Waals surface area contributed by atoms with Crippen LogP contribution < -0.4 is 0 Å². The Morgan fingerprint density at radius 1 is 1.55 bits per heavy atom. The van der Waals surface area contributed by atoms with E-state index in [1.807, 2.05) is 0 Å². The first-order valence-corrected chi connectivity index (χ1v) is 3.09. The smallest absolute Gasteiger partial charge is 0.165 e. The van der Waals surface area contributed by atoms with E-state index in [1.165, 1.54) is 0 Å². The van der Waals surface area contributed by atoms with Crippen LogP contribution in [-0.4, -0.2) is 11.4 Å².